The number of carbonyl (C=O) groups is 1. The van der Waals surface area contributed by atoms with Gasteiger partial charge in [-0.05, 0) is 12.1 Å². The summed E-state index contributed by atoms with van der Waals surface area (Å²) in [7, 11) is 0. The number of amides is 2. The first kappa shape index (κ1) is 11.8. The normalized spacial score (nSPS) is 15.8. The van der Waals surface area contributed by atoms with Gasteiger partial charge in [0.25, 0.3) is 0 Å². The minimum absolute atomic E-state index is 0.110. The molecule has 0 atom stereocenters. The second-order valence-corrected chi connectivity index (χ2v) is 3.69. The Morgan fingerprint density at radius 2 is 1.76 bits per heavy atom. The van der Waals surface area contributed by atoms with Gasteiger partial charge in [0, 0.05) is 24.8 Å². The summed E-state index contributed by atoms with van der Waals surface area (Å²) in [4.78, 5) is 13.2. The highest BCUT2D eigenvalue weighted by atomic mass is 19.1. The van der Waals surface area contributed by atoms with Crippen LogP contribution in [0.25, 0.3) is 0 Å². The molecule has 1 aromatic carbocycles. The molecule has 4 nitrogen and oxygen atoms in total. The summed E-state index contributed by atoms with van der Waals surface area (Å²) >= 11 is 0. The minimum Gasteiger partial charge on any atom is -0.378 e. The summed E-state index contributed by atoms with van der Waals surface area (Å²) < 4.78 is 30.9. The Kier molecular flexibility index (Phi) is 3.53. The maximum absolute atomic E-state index is 12.9. The van der Waals surface area contributed by atoms with Gasteiger partial charge in [-0.15, -0.1) is 0 Å². The fourth-order valence-electron chi connectivity index (χ4n) is 1.59. The van der Waals surface area contributed by atoms with Crippen molar-refractivity contribution < 1.29 is 18.3 Å². The van der Waals surface area contributed by atoms with E-state index in [4.69, 9.17) is 4.74 Å². The van der Waals surface area contributed by atoms with E-state index >= 15 is 0 Å². The molecule has 0 unspecified atom stereocenters. The molecular weight excluding hydrogens is 230 g/mol. The Morgan fingerprint density at radius 3 is 2.35 bits per heavy atom. The number of rotatable bonds is 1. The van der Waals surface area contributed by atoms with Crippen molar-refractivity contribution in [1.82, 2.24) is 4.90 Å². The first-order valence-electron chi connectivity index (χ1n) is 5.25. The van der Waals surface area contributed by atoms with Gasteiger partial charge in [0.1, 0.15) is 11.6 Å². The molecule has 0 bridgehead atoms. The highest BCUT2D eigenvalue weighted by Gasteiger charge is 2.17. The van der Waals surface area contributed by atoms with Crippen molar-refractivity contribution in [2.75, 3.05) is 31.6 Å². The number of nitrogens with one attached hydrogen (secondary N) is 1. The number of nitrogens with zero attached hydrogens (tertiary/aromatic N) is 1. The molecule has 1 aromatic rings. The Bertz CT molecular complexity index is 400. The topological polar surface area (TPSA) is 41.6 Å². The average molecular weight is 242 g/mol. The Morgan fingerprint density at radius 1 is 1.18 bits per heavy atom. The monoisotopic (exact) mass is 242 g/mol. The van der Waals surface area contributed by atoms with Crippen LogP contribution in [-0.4, -0.2) is 37.2 Å². The Balaban J connectivity index is 2.01. The van der Waals surface area contributed by atoms with Crippen molar-refractivity contribution in [3.8, 4) is 0 Å². The van der Waals surface area contributed by atoms with E-state index in [1.54, 1.807) is 0 Å². The Hall–Kier alpha value is -1.69. The second kappa shape index (κ2) is 5.09. The molecule has 1 heterocycles. The molecule has 1 N–H and O–H groups in total. The summed E-state index contributed by atoms with van der Waals surface area (Å²) in [5, 5.41) is 2.44. The summed E-state index contributed by atoms with van der Waals surface area (Å²) in [5.41, 5.74) is 0.110. The highest BCUT2D eigenvalue weighted by molar-refractivity contribution is 5.89. The molecule has 1 saturated heterocycles. The van der Waals surface area contributed by atoms with Crippen LogP contribution in [0.1, 0.15) is 0 Å². The van der Waals surface area contributed by atoms with Gasteiger partial charge in [-0.3, -0.25) is 0 Å². The molecule has 0 radical (unpaired) electrons. The molecule has 1 aliphatic heterocycles. The third kappa shape index (κ3) is 3.13. The number of ether oxygens (including phenoxy) is 1. The molecule has 6 heteroatoms. The van der Waals surface area contributed by atoms with Crippen LogP contribution in [0.2, 0.25) is 0 Å². The SMILES string of the molecule is O=C(Nc1cc(F)cc(F)c1)N1CCOCC1. The average Bonchev–Trinajstić information content (AvgIpc) is 2.28. The largest absolute Gasteiger partial charge is 0.378 e. The quantitative estimate of drug-likeness (QED) is 0.816. The van der Waals surface area contributed by atoms with E-state index in [0.717, 1.165) is 18.2 Å². The van der Waals surface area contributed by atoms with Gasteiger partial charge in [-0.2, -0.15) is 0 Å². The molecule has 0 saturated carbocycles. The maximum atomic E-state index is 12.9. The van der Waals surface area contributed by atoms with E-state index in [1.165, 1.54) is 4.90 Å². The van der Waals surface area contributed by atoms with Crippen molar-refractivity contribution >= 4 is 11.7 Å². The molecule has 17 heavy (non-hydrogen) atoms. The van der Waals surface area contributed by atoms with E-state index in [0.29, 0.717) is 26.3 Å². The number of hydrogen-bond acceptors (Lipinski definition) is 2. The number of benzene rings is 1. The lowest BCUT2D eigenvalue weighted by Gasteiger charge is -2.26. The lowest BCUT2D eigenvalue weighted by Crippen LogP contribution is -2.43. The van der Waals surface area contributed by atoms with Crippen LogP contribution in [0.3, 0.4) is 0 Å². The zero-order valence-corrected chi connectivity index (χ0v) is 9.08. The number of hydrogen-bond donors (Lipinski definition) is 1. The van der Waals surface area contributed by atoms with Crippen molar-refractivity contribution in [3.63, 3.8) is 0 Å². The summed E-state index contributed by atoms with van der Waals surface area (Å²) in [5.74, 6) is -1.44. The van der Waals surface area contributed by atoms with Crippen molar-refractivity contribution in [2.24, 2.45) is 0 Å². The van der Waals surface area contributed by atoms with Gasteiger partial charge in [-0.25, -0.2) is 13.6 Å². The van der Waals surface area contributed by atoms with Gasteiger partial charge in [0.05, 0.1) is 13.2 Å². The highest BCUT2D eigenvalue weighted by Crippen LogP contribution is 2.13. The number of carbonyl (C=O) groups excluding carboxylic acids is 1. The number of anilines is 1. The predicted molar refractivity (Wildman–Crippen MR) is 57.8 cm³/mol. The summed E-state index contributed by atoms with van der Waals surface area (Å²) in [6.07, 6.45) is 0. The predicted octanol–water partition coefficient (Wildman–Crippen LogP) is 1.83. The summed E-state index contributed by atoms with van der Waals surface area (Å²) in [6, 6.07) is 2.52. The van der Waals surface area contributed by atoms with Crippen molar-refractivity contribution in [1.29, 1.82) is 0 Å². The molecule has 1 fully saturated rings. The molecule has 92 valence electrons. The van der Waals surface area contributed by atoms with E-state index < -0.39 is 11.6 Å². The van der Waals surface area contributed by atoms with Gasteiger partial charge in [-0.1, -0.05) is 0 Å². The minimum atomic E-state index is -0.720. The van der Waals surface area contributed by atoms with Crippen molar-refractivity contribution in [2.45, 2.75) is 0 Å². The maximum Gasteiger partial charge on any atom is 0.322 e. The van der Waals surface area contributed by atoms with Crippen LogP contribution in [0.4, 0.5) is 19.3 Å². The van der Waals surface area contributed by atoms with Gasteiger partial charge < -0.3 is 15.0 Å². The van der Waals surface area contributed by atoms with Crippen LogP contribution in [0.5, 0.6) is 0 Å². The second-order valence-electron chi connectivity index (χ2n) is 3.69. The number of morpholine rings is 1. The van der Waals surface area contributed by atoms with E-state index in [9.17, 15) is 13.6 Å². The molecule has 1 aliphatic rings. The summed E-state index contributed by atoms with van der Waals surface area (Å²) in [6.45, 7) is 1.91. The van der Waals surface area contributed by atoms with E-state index in [1.807, 2.05) is 0 Å². The molecule has 0 aromatic heterocycles. The van der Waals surface area contributed by atoms with E-state index in [-0.39, 0.29) is 11.7 Å². The molecule has 0 spiro atoms. The lowest BCUT2D eigenvalue weighted by molar-refractivity contribution is 0.0564. The first-order valence-corrected chi connectivity index (χ1v) is 5.25. The molecular formula is C11H12F2N2O2. The Labute approximate surface area is 97.2 Å². The smallest absolute Gasteiger partial charge is 0.322 e. The first-order chi connectivity index (χ1) is 8.15. The molecule has 2 amide bonds. The fraction of sp³-hybridized carbons (Fsp3) is 0.364. The van der Waals surface area contributed by atoms with Gasteiger partial charge in [0.2, 0.25) is 0 Å². The lowest BCUT2D eigenvalue weighted by atomic mass is 10.3. The van der Waals surface area contributed by atoms with Crippen LogP contribution in [0.15, 0.2) is 18.2 Å². The fourth-order valence-corrected chi connectivity index (χ4v) is 1.59. The van der Waals surface area contributed by atoms with Crippen LogP contribution in [-0.2, 0) is 4.74 Å². The van der Waals surface area contributed by atoms with Gasteiger partial charge in [0.15, 0.2) is 0 Å². The third-order valence-corrected chi connectivity index (χ3v) is 2.41. The van der Waals surface area contributed by atoms with E-state index in [2.05, 4.69) is 5.32 Å². The van der Waals surface area contributed by atoms with Gasteiger partial charge >= 0.3 is 6.03 Å². The standard InChI is InChI=1S/C11H12F2N2O2/c12-8-5-9(13)7-10(6-8)14-11(16)15-1-3-17-4-2-15/h5-7H,1-4H2,(H,14,16). The van der Waals surface area contributed by atoms with Crippen LogP contribution >= 0.6 is 0 Å². The number of urea groups is 1. The van der Waals surface area contributed by atoms with Crippen LogP contribution in [0, 0.1) is 11.6 Å². The number of halogens is 2. The zero-order valence-electron chi connectivity index (χ0n) is 9.08. The molecule has 0 aliphatic carbocycles. The van der Waals surface area contributed by atoms with Crippen LogP contribution < -0.4 is 5.32 Å². The third-order valence-electron chi connectivity index (χ3n) is 2.41. The zero-order chi connectivity index (χ0) is 12.3. The van der Waals surface area contributed by atoms with Crippen molar-refractivity contribution in [3.05, 3.63) is 29.8 Å². The molecule has 2 rings (SSSR count).